The molecule has 0 saturated heterocycles. The number of benzene rings is 1. The average Bonchev–Trinajstić information content (AvgIpc) is 1.88. The Balaban J connectivity index is 2.96. The van der Waals surface area contributed by atoms with E-state index in [0.29, 0.717) is 0 Å². The van der Waals surface area contributed by atoms with Gasteiger partial charge in [0.2, 0.25) is 0 Å². The van der Waals surface area contributed by atoms with E-state index in [1.807, 2.05) is 22.6 Å². The molecule has 1 nitrogen and oxygen atoms in total. The van der Waals surface area contributed by atoms with Gasteiger partial charge in [-0.2, -0.15) is 0 Å². The Labute approximate surface area is 70.7 Å². The molecule has 0 radical (unpaired) electrons. The van der Waals surface area contributed by atoms with E-state index < -0.39 is 5.34 Å². The standard InChI is InChI=1S/C6H4F2IN/c7-10(8)6-3-1-2-5(9)4-6/h1-4H. The van der Waals surface area contributed by atoms with Crippen molar-refractivity contribution in [2.75, 3.05) is 5.34 Å². The molecule has 1 aromatic carbocycles. The van der Waals surface area contributed by atoms with Gasteiger partial charge in [0, 0.05) is 3.57 Å². The predicted octanol–water partition coefficient (Wildman–Crippen LogP) is 2.87. The van der Waals surface area contributed by atoms with Crippen molar-refractivity contribution < 1.29 is 8.96 Å². The normalized spacial score (nSPS) is 9.50. The first-order valence-electron chi connectivity index (χ1n) is 2.57. The van der Waals surface area contributed by atoms with Crippen LogP contribution in [0.4, 0.5) is 14.6 Å². The van der Waals surface area contributed by atoms with Gasteiger partial charge in [0.25, 0.3) is 0 Å². The maximum absolute atomic E-state index is 11.8. The van der Waals surface area contributed by atoms with Crippen LogP contribution in [0.5, 0.6) is 0 Å². The fourth-order valence-electron chi connectivity index (χ4n) is 0.581. The molecule has 0 aromatic heterocycles. The molecule has 0 N–H and O–H groups in total. The van der Waals surface area contributed by atoms with Crippen LogP contribution in [-0.4, -0.2) is 0 Å². The summed E-state index contributed by atoms with van der Waals surface area (Å²) in [6.07, 6.45) is 0. The number of hydrogen-bond acceptors (Lipinski definition) is 1. The lowest BCUT2D eigenvalue weighted by molar-refractivity contribution is 0.235. The van der Waals surface area contributed by atoms with Crippen LogP contribution in [-0.2, 0) is 0 Å². The van der Waals surface area contributed by atoms with E-state index in [9.17, 15) is 8.96 Å². The Morgan fingerprint density at radius 3 is 2.40 bits per heavy atom. The highest BCUT2D eigenvalue weighted by Crippen LogP contribution is 2.17. The molecule has 0 unspecified atom stereocenters. The molecule has 0 bridgehead atoms. The van der Waals surface area contributed by atoms with Crippen molar-refractivity contribution in [3.05, 3.63) is 27.8 Å². The predicted molar refractivity (Wildman–Crippen MR) is 43.9 cm³/mol. The summed E-state index contributed by atoms with van der Waals surface area (Å²) in [6.45, 7) is 0. The lowest BCUT2D eigenvalue weighted by atomic mass is 10.3. The number of anilines is 1. The number of halogens is 3. The van der Waals surface area contributed by atoms with Crippen molar-refractivity contribution >= 4 is 28.3 Å². The monoisotopic (exact) mass is 255 g/mol. The lowest BCUT2D eigenvalue weighted by Crippen LogP contribution is -1.94. The van der Waals surface area contributed by atoms with Gasteiger partial charge in [-0.1, -0.05) is 15.0 Å². The third-order valence-corrected chi connectivity index (χ3v) is 1.67. The van der Waals surface area contributed by atoms with E-state index >= 15 is 0 Å². The zero-order valence-electron chi connectivity index (χ0n) is 4.89. The van der Waals surface area contributed by atoms with Crippen LogP contribution in [0.15, 0.2) is 24.3 Å². The summed E-state index contributed by atoms with van der Waals surface area (Å²) >= 11 is 1.98. The number of rotatable bonds is 1. The van der Waals surface area contributed by atoms with Crippen molar-refractivity contribution in [1.82, 2.24) is 0 Å². The first kappa shape index (κ1) is 7.71. The van der Waals surface area contributed by atoms with Crippen LogP contribution in [0.25, 0.3) is 0 Å². The summed E-state index contributed by atoms with van der Waals surface area (Å²) in [5, 5.41) is -0.901. The molecule has 0 fully saturated rings. The topological polar surface area (TPSA) is 3.24 Å². The van der Waals surface area contributed by atoms with Crippen LogP contribution in [0, 0.1) is 3.57 Å². The average molecular weight is 255 g/mol. The van der Waals surface area contributed by atoms with Crippen molar-refractivity contribution in [1.29, 1.82) is 0 Å². The van der Waals surface area contributed by atoms with Crippen LogP contribution in [0.2, 0.25) is 0 Å². The molecule has 1 aromatic rings. The van der Waals surface area contributed by atoms with Gasteiger partial charge in [-0.25, -0.2) is 0 Å². The summed E-state index contributed by atoms with van der Waals surface area (Å²) in [7, 11) is 0. The van der Waals surface area contributed by atoms with Gasteiger partial charge >= 0.3 is 0 Å². The fraction of sp³-hybridized carbons (Fsp3) is 0. The minimum Gasteiger partial charge on any atom is -0.0666 e. The van der Waals surface area contributed by atoms with Crippen LogP contribution < -0.4 is 5.34 Å². The largest absolute Gasteiger partial charge is 0.106 e. The molecule has 0 atom stereocenters. The molecule has 4 heteroatoms. The molecule has 0 amide bonds. The summed E-state index contributed by atoms with van der Waals surface area (Å²) < 4.78 is 24.4. The van der Waals surface area contributed by atoms with Crippen LogP contribution in [0.1, 0.15) is 0 Å². The Morgan fingerprint density at radius 1 is 1.30 bits per heavy atom. The molecule has 0 spiro atoms. The van der Waals surface area contributed by atoms with Gasteiger partial charge in [-0.3, -0.25) is 0 Å². The van der Waals surface area contributed by atoms with E-state index in [4.69, 9.17) is 0 Å². The molecule has 10 heavy (non-hydrogen) atoms. The molecule has 1 rings (SSSR count). The Hall–Kier alpha value is -0.390. The van der Waals surface area contributed by atoms with Gasteiger partial charge < -0.3 is 0 Å². The second-order valence-electron chi connectivity index (χ2n) is 1.71. The van der Waals surface area contributed by atoms with E-state index in [1.54, 1.807) is 12.1 Å². The van der Waals surface area contributed by atoms with Crippen molar-refractivity contribution in [2.24, 2.45) is 0 Å². The van der Waals surface area contributed by atoms with Crippen molar-refractivity contribution in [3.8, 4) is 0 Å². The molecule has 0 heterocycles. The van der Waals surface area contributed by atoms with Gasteiger partial charge in [0.05, 0.1) is 0 Å². The molecule has 0 saturated carbocycles. The summed E-state index contributed by atoms with van der Waals surface area (Å²) in [5.74, 6) is 0. The van der Waals surface area contributed by atoms with Gasteiger partial charge in [0.1, 0.15) is 5.69 Å². The maximum atomic E-state index is 11.8. The third kappa shape index (κ3) is 1.80. The third-order valence-electron chi connectivity index (χ3n) is 1.00. The Kier molecular flexibility index (Phi) is 2.42. The van der Waals surface area contributed by atoms with Crippen LogP contribution in [0.3, 0.4) is 0 Å². The highest BCUT2D eigenvalue weighted by molar-refractivity contribution is 14.1. The Bertz CT molecular complexity index is 227. The zero-order chi connectivity index (χ0) is 7.56. The van der Waals surface area contributed by atoms with E-state index in [1.165, 1.54) is 12.1 Å². The van der Waals surface area contributed by atoms with Gasteiger partial charge in [0.15, 0.2) is 0 Å². The molecule has 0 aliphatic heterocycles. The Morgan fingerprint density at radius 2 is 2.00 bits per heavy atom. The molecule has 0 aliphatic carbocycles. The minimum absolute atomic E-state index is 0.0769. The second-order valence-corrected chi connectivity index (χ2v) is 2.96. The highest BCUT2D eigenvalue weighted by atomic mass is 127. The van der Waals surface area contributed by atoms with Gasteiger partial charge in [-0.05, 0) is 46.1 Å². The molecule has 54 valence electrons. The van der Waals surface area contributed by atoms with Crippen molar-refractivity contribution in [2.45, 2.75) is 0 Å². The first-order valence-corrected chi connectivity index (χ1v) is 3.65. The summed E-state index contributed by atoms with van der Waals surface area (Å²) in [4.78, 5) is 0. The summed E-state index contributed by atoms with van der Waals surface area (Å²) in [6, 6.07) is 6.10. The lowest BCUT2D eigenvalue weighted by Gasteiger charge is -2.00. The second kappa shape index (κ2) is 3.14. The van der Waals surface area contributed by atoms with E-state index in [-0.39, 0.29) is 5.69 Å². The molecular formula is C6H4F2IN. The molecular weight excluding hydrogens is 251 g/mol. The van der Waals surface area contributed by atoms with Crippen molar-refractivity contribution in [3.63, 3.8) is 0 Å². The van der Waals surface area contributed by atoms with E-state index in [0.717, 1.165) is 3.57 Å². The fourth-order valence-corrected chi connectivity index (χ4v) is 1.11. The summed E-state index contributed by atoms with van der Waals surface area (Å²) in [5.41, 5.74) is -0.0769. The number of hydrogen-bond donors (Lipinski definition) is 0. The highest BCUT2D eigenvalue weighted by Gasteiger charge is 2.00. The zero-order valence-corrected chi connectivity index (χ0v) is 7.05. The minimum atomic E-state index is -0.901. The van der Waals surface area contributed by atoms with E-state index in [2.05, 4.69) is 0 Å². The maximum Gasteiger partial charge on any atom is 0.106 e. The number of nitrogens with zero attached hydrogens (tertiary/aromatic N) is 1. The smallest absolute Gasteiger partial charge is 0.0666 e. The quantitative estimate of drug-likeness (QED) is 0.551. The SMILES string of the molecule is FN(F)c1cccc(I)c1. The van der Waals surface area contributed by atoms with Crippen LogP contribution >= 0.6 is 22.6 Å². The molecule has 0 aliphatic rings. The first-order chi connectivity index (χ1) is 4.70. The van der Waals surface area contributed by atoms with Gasteiger partial charge in [-0.15, -0.1) is 0 Å².